The normalized spacial score (nSPS) is 12.5. The van der Waals surface area contributed by atoms with Crippen LogP contribution in [0.1, 0.15) is 16.5 Å². The van der Waals surface area contributed by atoms with Crippen molar-refractivity contribution in [3.8, 4) is 0 Å². The molecule has 1 atom stereocenters. The van der Waals surface area contributed by atoms with Gasteiger partial charge in [-0.1, -0.05) is 5.16 Å². The third-order valence-electron chi connectivity index (χ3n) is 1.41. The van der Waals surface area contributed by atoms with Gasteiger partial charge in [-0.05, 0) is 0 Å². The molecule has 0 aliphatic carbocycles. The van der Waals surface area contributed by atoms with E-state index >= 15 is 0 Å². The molecule has 2 N–H and O–H groups in total. The van der Waals surface area contributed by atoms with Crippen LogP contribution in [0.15, 0.2) is 4.52 Å². The van der Waals surface area contributed by atoms with Crippen molar-refractivity contribution in [1.82, 2.24) is 15.5 Å². The molecular weight excluding hydrogens is 210 g/mol. The third-order valence-corrected chi connectivity index (χ3v) is 1.76. The van der Waals surface area contributed by atoms with Crippen molar-refractivity contribution in [2.24, 2.45) is 0 Å². The highest BCUT2D eigenvalue weighted by Gasteiger charge is 2.13. The van der Waals surface area contributed by atoms with E-state index in [4.69, 9.17) is 16.7 Å². The van der Waals surface area contributed by atoms with Crippen LogP contribution in [-0.2, 0) is 0 Å². The average Bonchev–Trinajstić information content (AvgIpc) is 2.60. The van der Waals surface area contributed by atoms with Crippen LogP contribution in [0.3, 0.4) is 0 Å². The Hall–Kier alpha value is -1.14. The predicted molar refractivity (Wildman–Crippen MR) is 48.1 cm³/mol. The lowest BCUT2D eigenvalue weighted by atomic mass is 10.4. The van der Waals surface area contributed by atoms with Gasteiger partial charge in [-0.2, -0.15) is 4.98 Å². The summed E-state index contributed by atoms with van der Waals surface area (Å²) in [7, 11) is 0. The Balaban J connectivity index is 2.43. The summed E-state index contributed by atoms with van der Waals surface area (Å²) in [6.45, 7) is 1.65. The first-order chi connectivity index (χ1) is 6.63. The quantitative estimate of drug-likeness (QED) is 0.680. The maximum atomic E-state index is 11.2. The number of aliphatic hydroxyl groups excluding tert-OH is 1. The fourth-order valence-electron chi connectivity index (χ4n) is 0.736. The smallest absolute Gasteiger partial charge is 0.292 e. The molecule has 0 aliphatic rings. The van der Waals surface area contributed by atoms with E-state index in [1.54, 1.807) is 6.92 Å². The minimum atomic E-state index is -0.770. The van der Waals surface area contributed by atoms with Crippen molar-refractivity contribution in [3.63, 3.8) is 0 Å². The second-order valence-electron chi connectivity index (χ2n) is 2.66. The molecular formula is C7H10ClN3O3. The van der Waals surface area contributed by atoms with E-state index in [0.29, 0.717) is 5.89 Å². The van der Waals surface area contributed by atoms with Gasteiger partial charge in [0.2, 0.25) is 5.89 Å². The van der Waals surface area contributed by atoms with Gasteiger partial charge in [0.25, 0.3) is 11.7 Å². The van der Waals surface area contributed by atoms with Gasteiger partial charge < -0.3 is 14.9 Å². The van der Waals surface area contributed by atoms with E-state index in [2.05, 4.69) is 20.0 Å². The van der Waals surface area contributed by atoms with Crippen molar-refractivity contribution in [1.29, 1.82) is 0 Å². The zero-order chi connectivity index (χ0) is 10.6. The summed E-state index contributed by atoms with van der Waals surface area (Å²) in [5, 5.41) is 14.9. The maximum Gasteiger partial charge on any atom is 0.292 e. The molecule has 0 spiro atoms. The molecule has 0 bridgehead atoms. The van der Waals surface area contributed by atoms with Gasteiger partial charge in [0.1, 0.15) is 0 Å². The number of aryl methyl sites for hydroxylation is 1. The van der Waals surface area contributed by atoms with E-state index in [0.717, 1.165) is 0 Å². The van der Waals surface area contributed by atoms with E-state index in [1.165, 1.54) is 0 Å². The molecule has 1 aromatic heterocycles. The van der Waals surface area contributed by atoms with Crippen molar-refractivity contribution in [2.45, 2.75) is 13.0 Å². The molecule has 0 aliphatic heterocycles. The first kappa shape index (κ1) is 10.9. The fourth-order valence-corrected chi connectivity index (χ4v) is 0.845. The molecule has 1 aromatic rings. The van der Waals surface area contributed by atoms with Crippen molar-refractivity contribution in [3.05, 3.63) is 11.7 Å². The molecule has 7 heteroatoms. The molecule has 0 radical (unpaired) electrons. The van der Waals surface area contributed by atoms with Gasteiger partial charge in [0.15, 0.2) is 0 Å². The Morgan fingerprint density at radius 2 is 2.50 bits per heavy atom. The summed E-state index contributed by atoms with van der Waals surface area (Å²) in [5.41, 5.74) is 0. The number of nitrogens with one attached hydrogen (secondary N) is 1. The fraction of sp³-hybridized carbons (Fsp3) is 0.571. The molecule has 78 valence electrons. The maximum absolute atomic E-state index is 11.2. The molecule has 1 rings (SSSR count). The monoisotopic (exact) mass is 219 g/mol. The number of aromatic nitrogens is 2. The van der Waals surface area contributed by atoms with Crippen LogP contribution in [0.4, 0.5) is 0 Å². The van der Waals surface area contributed by atoms with E-state index in [9.17, 15) is 4.79 Å². The van der Waals surface area contributed by atoms with Crippen LogP contribution in [0.2, 0.25) is 0 Å². The highest BCUT2D eigenvalue weighted by Crippen LogP contribution is 1.94. The molecule has 1 amide bonds. The lowest BCUT2D eigenvalue weighted by Gasteiger charge is -2.05. The van der Waals surface area contributed by atoms with Crippen LogP contribution in [0.5, 0.6) is 0 Å². The lowest BCUT2D eigenvalue weighted by molar-refractivity contribution is 0.0912. The van der Waals surface area contributed by atoms with Gasteiger partial charge in [0.05, 0.1) is 12.0 Å². The number of halogens is 1. The first-order valence-corrected chi connectivity index (χ1v) is 4.49. The third kappa shape index (κ3) is 2.97. The topological polar surface area (TPSA) is 88.2 Å². The lowest BCUT2D eigenvalue weighted by Crippen LogP contribution is -2.33. The Bertz CT molecular complexity index is 315. The minimum Gasteiger partial charge on any atom is -0.390 e. The molecule has 1 unspecified atom stereocenters. The number of hydrogen-bond acceptors (Lipinski definition) is 5. The summed E-state index contributed by atoms with van der Waals surface area (Å²) in [6.07, 6.45) is -0.770. The largest absolute Gasteiger partial charge is 0.390 e. The zero-order valence-corrected chi connectivity index (χ0v) is 8.28. The molecule has 0 saturated carbocycles. The summed E-state index contributed by atoms with van der Waals surface area (Å²) in [6, 6.07) is 0. The standard InChI is InChI=1S/C7H10ClN3O3/c1-4-10-6(11-14-4)7(13)9-3-5(12)2-8/h5,12H,2-3H2,1H3,(H,9,13). The van der Waals surface area contributed by atoms with Gasteiger partial charge in [-0.3, -0.25) is 4.79 Å². The van der Waals surface area contributed by atoms with E-state index in [-0.39, 0.29) is 18.2 Å². The van der Waals surface area contributed by atoms with Crippen LogP contribution in [0, 0.1) is 6.92 Å². The molecule has 0 fully saturated rings. The van der Waals surface area contributed by atoms with Gasteiger partial charge in [-0.15, -0.1) is 11.6 Å². The SMILES string of the molecule is Cc1nc(C(=O)NCC(O)CCl)no1. The van der Waals surface area contributed by atoms with Crippen molar-refractivity contribution < 1.29 is 14.4 Å². The number of aliphatic hydroxyl groups is 1. The molecule has 1 heterocycles. The van der Waals surface area contributed by atoms with Crippen molar-refractivity contribution >= 4 is 17.5 Å². The average molecular weight is 220 g/mol. The summed E-state index contributed by atoms with van der Waals surface area (Å²) in [5.74, 6) is -0.172. The second kappa shape index (κ2) is 4.92. The number of carbonyl (C=O) groups excluding carboxylic acids is 1. The highest BCUT2D eigenvalue weighted by atomic mass is 35.5. The minimum absolute atomic E-state index is 0.0516. The van der Waals surface area contributed by atoms with Gasteiger partial charge in [0, 0.05) is 13.5 Å². The number of hydrogen-bond donors (Lipinski definition) is 2. The van der Waals surface area contributed by atoms with Crippen molar-refractivity contribution in [2.75, 3.05) is 12.4 Å². The van der Waals surface area contributed by atoms with Gasteiger partial charge in [-0.25, -0.2) is 0 Å². The first-order valence-electron chi connectivity index (χ1n) is 3.96. The molecule has 14 heavy (non-hydrogen) atoms. The number of carbonyl (C=O) groups is 1. The summed E-state index contributed by atoms with van der Waals surface area (Å²) < 4.78 is 4.61. The van der Waals surface area contributed by atoms with E-state index in [1.807, 2.05) is 0 Å². The zero-order valence-electron chi connectivity index (χ0n) is 7.53. The number of rotatable bonds is 4. The summed E-state index contributed by atoms with van der Waals surface area (Å²) >= 11 is 5.33. The highest BCUT2D eigenvalue weighted by molar-refractivity contribution is 6.18. The number of alkyl halides is 1. The Labute approximate surface area is 85.2 Å². The number of amides is 1. The number of nitrogens with zero attached hydrogens (tertiary/aromatic N) is 2. The van der Waals surface area contributed by atoms with Crippen LogP contribution in [0.25, 0.3) is 0 Å². The molecule has 6 nitrogen and oxygen atoms in total. The Morgan fingerprint density at radius 3 is 3.00 bits per heavy atom. The Morgan fingerprint density at radius 1 is 1.79 bits per heavy atom. The second-order valence-corrected chi connectivity index (χ2v) is 2.96. The molecule has 0 aromatic carbocycles. The van der Waals surface area contributed by atoms with Crippen LogP contribution < -0.4 is 5.32 Å². The van der Waals surface area contributed by atoms with Crippen LogP contribution >= 0.6 is 11.6 Å². The van der Waals surface area contributed by atoms with Gasteiger partial charge >= 0.3 is 0 Å². The Kier molecular flexibility index (Phi) is 3.84. The molecule has 0 saturated heterocycles. The predicted octanol–water partition coefficient (Wildman–Crippen LogP) is -0.292. The van der Waals surface area contributed by atoms with Crippen LogP contribution in [-0.4, -0.2) is 39.7 Å². The summed E-state index contributed by atoms with van der Waals surface area (Å²) in [4.78, 5) is 14.9. The van der Waals surface area contributed by atoms with E-state index < -0.39 is 12.0 Å².